The minimum Gasteiger partial charge on any atom is -0.477 e. The number of carbonyl (C=O) groups is 1. The number of aliphatic carboxylic acids is 1. The van der Waals surface area contributed by atoms with E-state index in [1.165, 1.54) is 6.20 Å². The van der Waals surface area contributed by atoms with Crippen molar-refractivity contribution in [1.29, 1.82) is 5.26 Å². The molecular weight excluding hydrogens is 204 g/mol. The van der Waals surface area contributed by atoms with Gasteiger partial charge < -0.3 is 10.0 Å². The Kier molecular flexibility index (Phi) is 4.10. The molecule has 0 spiro atoms. The summed E-state index contributed by atoms with van der Waals surface area (Å²) in [6.45, 7) is 0.569. The molecule has 4 nitrogen and oxygen atoms in total. The molecule has 0 aliphatic heterocycles. The topological polar surface area (TPSA) is 64.3 Å². The van der Waals surface area contributed by atoms with E-state index >= 15 is 0 Å². The number of nitriles is 1. The summed E-state index contributed by atoms with van der Waals surface area (Å²) in [4.78, 5) is 12.3. The third kappa shape index (κ3) is 3.46. The smallest absolute Gasteiger partial charge is 0.347 e. The van der Waals surface area contributed by atoms with Crippen molar-refractivity contribution in [3.8, 4) is 6.07 Å². The average Bonchev–Trinajstić information content (AvgIpc) is 2.27. The fraction of sp³-hybridized carbons (Fsp3) is 0.167. The molecule has 4 heteroatoms. The molecule has 16 heavy (non-hydrogen) atoms. The van der Waals surface area contributed by atoms with E-state index in [0.29, 0.717) is 6.54 Å². The zero-order valence-corrected chi connectivity index (χ0v) is 8.92. The first-order chi connectivity index (χ1) is 7.63. The molecule has 0 saturated carbocycles. The molecule has 0 radical (unpaired) electrons. The Hall–Kier alpha value is -2.28. The molecule has 1 rings (SSSR count). The maximum atomic E-state index is 10.6. The third-order valence-corrected chi connectivity index (χ3v) is 1.98. The van der Waals surface area contributed by atoms with Gasteiger partial charge in [-0.3, -0.25) is 0 Å². The largest absolute Gasteiger partial charge is 0.477 e. The lowest BCUT2D eigenvalue weighted by Gasteiger charge is -2.13. The Balaban J connectivity index is 2.71. The first-order valence-electron chi connectivity index (χ1n) is 4.73. The van der Waals surface area contributed by atoms with Crippen molar-refractivity contribution in [3.63, 3.8) is 0 Å². The number of hydrogen-bond donors (Lipinski definition) is 1. The summed E-state index contributed by atoms with van der Waals surface area (Å²) in [6, 6.07) is 11.3. The van der Waals surface area contributed by atoms with Gasteiger partial charge in [0.05, 0.1) is 0 Å². The van der Waals surface area contributed by atoms with Crippen LogP contribution in [-0.2, 0) is 11.3 Å². The molecule has 82 valence electrons. The molecule has 0 aliphatic carbocycles. The Morgan fingerprint density at radius 3 is 2.62 bits per heavy atom. The summed E-state index contributed by atoms with van der Waals surface area (Å²) in [6.07, 6.45) is 1.33. The zero-order valence-electron chi connectivity index (χ0n) is 8.92. The number of carboxylic acids is 1. The lowest BCUT2D eigenvalue weighted by molar-refractivity contribution is -0.132. The van der Waals surface area contributed by atoms with E-state index in [9.17, 15) is 4.79 Å². The van der Waals surface area contributed by atoms with Crippen LogP contribution in [0.25, 0.3) is 0 Å². The lowest BCUT2D eigenvalue weighted by atomic mass is 10.2. The molecule has 0 atom stereocenters. The van der Waals surface area contributed by atoms with Gasteiger partial charge in [-0.2, -0.15) is 5.26 Å². The highest BCUT2D eigenvalue weighted by Gasteiger charge is 2.06. The highest BCUT2D eigenvalue weighted by Crippen LogP contribution is 2.04. The zero-order chi connectivity index (χ0) is 12.0. The van der Waals surface area contributed by atoms with E-state index in [1.807, 2.05) is 30.3 Å². The van der Waals surface area contributed by atoms with Gasteiger partial charge in [-0.15, -0.1) is 0 Å². The van der Waals surface area contributed by atoms with Crippen molar-refractivity contribution in [3.05, 3.63) is 47.7 Å². The maximum Gasteiger partial charge on any atom is 0.347 e. The van der Waals surface area contributed by atoms with Gasteiger partial charge in [0.2, 0.25) is 0 Å². The molecule has 0 heterocycles. The summed E-state index contributed by atoms with van der Waals surface area (Å²) in [5.74, 6) is -1.21. The van der Waals surface area contributed by atoms with Crippen LogP contribution in [0.5, 0.6) is 0 Å². The van der Waals surface area contributed by atoms with Crippen LogP contribution >= 0.6 is 0 Å². The van der Waals surface area contributed by atoms with Gasteiger partial charge in [-0.25, -0.2) is 4.79 Å². The van der Waals surface area contributed by atoms with Crippen LogP contribution in [0.1, 0.15) is 5.56 Å². The number of rotatable bonds is 4. The maximum absolute atomic E-state index is 10.6. The fourth-order valence-electron chi connectivity index (χ4n) is 1.27. The summed E-state index contributed by atoms with van der Waals surface area (Å²) in [5, 5.41) is 17.3. The van der Waals surface area contributed by atoms with Crippen LogP contribution in [0.2, 0.25) is 0 Å². The van der Waals surface area contributed by atoms with Crippen molar-refractivity contribution < 1.29 is 9.90 Å². The van der Waals surface area contributed by atoms with Gasteiger partial charge >= 0.3 is 5.97 Å². The van der Waals surface area contributed by atoms with Crippen molar-refractivity contribution in [2.24, 2.45) is 0 Å². The van der Waals surface area contributed by atoms with Crippen molar-refractivity contribution in [2.75, 3.05) is 7.05 Å². The van der Waals surface area contributed by atoms with Crippen molar-refractivity contribution in [2.45, 2.75) is 6.54 Å². The van der Waals surface area contributed by atoms with Crippen LogP contribution in [0.15, 0.2) is 42.1 Å². The second-order valence-corrected chi connectivity index (χ2v) is 3.36. The molecule has 1 aromatic carbocycles. The van der Waals surface area contributed by atoms with Crippen LogP contribution in [0.4, 0.5) is 0 Å². The van der Waals surface area contributed by atoms with Gasteiger partial charge in [-0.1, -0.05) is 30.3 Å². The van der Waals surface area contributed by atoms with Gasteiger partial charge in [0.1, 0.15) is 6.07 Å². The molecule has 1 N–H and O–H groups in total. The van der Waals surface area contributed by atoms with Crippen molar-refractivity contribution >= 4 is 5.97 Å². The minimum atomic E-state index is -1.21. The minimum absolute atomic E-state index is 0.265. The van der Waals surface area contributed by atoms with Crippen LogP contribution in [0, 0.1) is 11.3 Å². The third-order valence-electron chi connectivity index (χ3n) is 1.98. The average molecular weight is 216 g/mol. The predicted molar refractivity (Wildman–Crippen MR) is 59.2 cm³/mol. The summed E-state index contributed by atoms with van der Waals surface area (Å²) in [5.41, 5.74) is 0.794. The van der Waals surface area contributed by atoms with Gasteiger partial charge in [0.15, 0.2) is 5.57 Å². The monoisotopic (exact) mass is 216 g/mol. The first-order valence-corrected chi connectivity index (χ1v) is 4.73. The highest BCUT2D eigenvalue weighted by atomic mass is 16.4. The second kappa shape index (κ2) is 5.56. The van der Waals surface area contributed by atoms with Gasteiger partial charge in [0, 0.05) is 19.8 Å². The van der Waals surface area contributed by atoms with E-state index in [4.69, 9.17) is 10.4 Å². The molecule has 0 bridgehead atoms. The summed E-state index contributed by atoms with van der Waals surface area (Å²) < 4.78 is 0. The van der Waals surface area contributed by atoms with E-state index in [-0.39, 0.29) is 5.57 Å². The molecule has 0 unspecified atom stereocenters. The molecular formula is C12H12N2O2. The van der Waals surface area contributed by atoms with Gasteiger partial charge in [-0.05, 0) is 5.56 Å². The normalized spacial score (nSPS) is 10.6. The molecule has 0 saturated heterocycles. The lowest BCUT2D eigenvalue weighted by Crippen LogP contribution is -2.13. The number of hydrogen-bond acceptors (Lipinski definition) is 3. The first kappa shape index (κ1) is 11.8. The van der Waals surface area contributed by atoms with Gasteiger partial charge in [0.25, 0.3) is 0 Å². The fourth-order valence-corrected chi connectivity index (χ4v) is 1.27. The molecule has 0 amide bonds. The number of benzene rings is 1. The molecule has 0 aliphatic rings. The molecule has 0 aromatic heterocycles. The van der Waals surface area contributed by atoms with Crippen LogP contribution in [0.3, 0.4) is 0 Å². The Labute approximate surface area is 94.0 Å². The number of nitrogens with zero attached hydrogens (tertiary/aromatic N) is 2. The standard InChI is InChI=1S/C12H12N2O2/c1-14(9-11(7-13)12(15)16)8-10-5-3-2-4-6-10/h2-6,9H,8H2,1H3,(H,15,16). The summed E-state index contributed by atoms with van der Waals surface area (Å²) >= 11 is 0. The van der Waals surface area contributed by atoms with E-state index in [1.54, 1.807) is 18.0 Å². The van der Waals surface area contributed by atoms with Crippen LogP contribution < -0.4 is 0 Å². The van der Waals surface area contributed by atoms with Crippen LogP contribution in [-0.4, -0.2) is 23.0 Å². The Bertz CT molecular complexity index is 432. The number of carboxylic acid groups (broad SMARTS) is 1. The quantitative estimate of drug-likeness (QED) is 0.613. The van der Waals surface area contributed by atoms with E-state index < -0.39 is 5.97 Å². The van der Waals surface area contributed by atoms with E-state index in [0.717, 1.165) is 5.56 Å². The second-order valence-electron chi connectivity index (χ2n) is 3.36. The molecule has 0 fully saturated rings. The Morgan fingerprint density at radius 1 is 1.50 bits per heavy atom. The predicted octanol–water partition coefficient (Wildman–Crippen LogP) is 1.61. The SMILES string of the molecule is CN(C=C(C#N)C(=O)O)Cc1ccccc1. The van der Waals surface area contributed by atoms with E-state index in [2.05, 4.69) is 0 Å². The molecule has 1 aromatic rings. The summed E-state index contributed by atoms with van der Waals surface area (Å²) in [7, 11) is 1.73. The van der Waals surface area contributed by atoms with Crippen molar-refractivity contribution in [1.82, 2.24) is 4.90 Å². The highest BCUT2D eigenvalue weighted by molar-refractivity contribution is 5.90. The Morgan fingerprint density at radius 2 is 2.12 bits per heavy atom.